The normalized spacial score (nSPS) is 13.4. The number of hydrogen-bond donors (Lipinski definition) is 0. The third-order valence-electron chi connectivity index (χ3n) is 2.87. The molecule has 0 aromatic heterocycles. The molecular weight excluding hydrogens is 379 g/mol. The van der Waals surface area contributed by atoms with Crippen LogP contribution in [-0.2, 0) is 0 Å². The molecule has 0 atom stereocenters. The SMILES string of the molecule is CC/C=C\C/C=C\C/C=C\C/C=C\C/C=C\C/C=C\CCI. The highest BCUT2D eigenvalue weighted by atomic mass is 127. The summed E-state index contributed by atoms with van der Waals surface area (Å²) in [6, 6.07) is 0. The first-order valence-corrected chi connectivity index (χ1v) is 9.90. The largest absolute Gasteiger partial charge is 0.0885 e. The molecule has 0 amide bonds. The van der Waals surface area contributed by atoms with Crippen molar-refractivity contribution in [1.82, 2.24) is 0 Å². The van der Waals surface area contributed by atoms with Crippen molar-refractivity contribution >= 4 is 22.6 Å². The summed E-state index contributed by atoms with van der Waals surface area (Å²) in [5.41, 5.74) is 0. The summed E-state index contributed by atoms with van der Waals surface area (Å²) in [6.45, 7) is 2.16. The van der Waals surface area contributed by atoms with E-state index in [2.05, 4.69) is 102 Å². The van der Waals surface area contributed by atoms with Crippen molar-refractivity contribution in [2.45, 2.75) is 51.9 Å². The van der Waals surface area contributed by atoms with Gasteiger partial charge in [0, 0.05) is 4.43 Å². The molecule has 0 fully saturated rings. The average molecular weight is 410 g/mol. The number of hydrogen-bond acceptors (Lipinski definition) is 0. The van der Waals surface area contributed by atoms with Crippen LogP contribution in [0.1, 0.15) is 51.9 Å². The van der Waals surface area contributed by atoms with Gasteiger partial charge in [0.1, 0.15) is 0 Å². The van der Waals surface area contributed by atoms with Gasteiger partial charge in [-0.1, -0.05) is 102 Å². The molecule has 0 rings (SSSR count). The van der Waals surface area contributed by atoms with E-state index in [0.29, 0.717) is 0 Å². The third-order valence-corrected chi connectivity index (χ3v) is 3.50. The molecule has 0 bridgehead atoms. The second-order valence-electron chi connectivity index (χ2n) is 4.89. The van der Waals surface area contributed by atoms with Crippen LogP contribution in [0.3, 0.4) is 0 Å². The Balaban J connectivity index is 3.48. The van der Waals surface area contributed by atoms with E-state index in [1.54, 1.807) is 0 Å². The Bertz CT molecular complexity index is 381. The first-order valence-electron chi connectivity index (χ1n) is 8.37. The molecule has 0 aliphatic heterocycles. The van der Waals surface area contributed by atoms with Gasteiger partial charge >= 0.3 is 0 Å². The van der Waals surface area contributed by atoms with Crippen LogP contribution in [0.15, 0.2) is 72.9 Å². The topological polar surface area (TPSA) is 0 Å². The predicted octanol–water partition coefficient (Wildman–Crippen LogP) is 7.51. The van der Waals surface area contributed by atoms with E-state index < -0.39 is 0 Å². The average Bonchev–Trinajstić information content (AvgIpc) is 2.54. The predicted molar refractivity (Wildman–Crippen MR) is 112 cm³/mol. The van der Waals surface area contributed by atoms with E-state index in [4.69, 9.17) is 0 Å². The van der Waals surface area contributed by atoms with Gasteiger partial charge in [-0.15, -0.1) is 0 Å². The minimum Gasteiger partial charge on any atom is -0.0885 e. The molecule has 1 heteroatoms. The molecule has 0 aromatic carbocycles. The van der Waals surface area contributed by atoms with Crippen LogP contribution in [0.25, 0.3) is 0 Å². The van der Waals surface area contributed by atoms with Crippen molar-refractivity contribution < 1.29 is 0 Å². The summed E-state index contributed by atoms with van der Waals surface area (Å²) in [5.74, 6) is 0. The Labute approximate surface area is 151 Å². The minimum atomic E-state index is 1.03. The molecule has 0 saturated heterocycles. The van der Waals surface area contributed by atoms with Crippen LogP contribution in [0.4, 0.5) is 0 Å². The number of halogens is 1. The molecule has 0 N–H and O–H groups in total. The van der Waals surface area contributed by atoms with Gasteiger partial charge in [0.25, 0.3) is 0 Å². The van der Waals surface area contributed by atoms with Crippen LogP contribution in [-0.4, -0.2) is 4.43 Å². The Hall–Kier alpha value is -0.830. The summed E-state index contributed by atoms with van der Waals surface area (Å²) in [4.78, 5) is 0. The zero-order chi connectivity index (χ0) is 16.1. The van der Waals surface area contributed by atoms with Crippen molar-refractivity contribution in [3.63, 3.8) is 0 Å². The highest BCUT2D eigenvalue weighted by molar-refractivity contribution is 14.1. The van der Waals surface area contributed by atoms with Gasteiger partial charge in [-0.05, 0) is 44.9 Å². The third kappa shape index (κ3) is 19.2. The van der Waals surface area contributed by atoms with Crippen molar-refractivity contribution in [2.75, 3.05) is 4.43 Å². The molecular formula is C21H31I. The highest BCUT2D eigenvalue weighted by Crippen LogP contribution is 1.97. The van der Waals surface area contributed by atoms with Crippen LogP contribution >= 0.6 is 22.6 Å². The summed E-state index contributed by atoms with van der Waals surface area (Å²) in [6.07, 6.45) is 34.3. The Morgan fingerprint density at radius 1 is 0.500 bits per heavy atom. The first-order chi connectivity index (χ1) is 10.9. The quantitative estimate of drug-likeness (QED) is 0.167. The molecule has 0 radical (unpaired) electrons. The van der Waals surface area contributed by atoms with Crippen molar-refractivity contribution in [3.8, 4) is 0 Å². The van der Waals surface area contributed by atoms with Crippen LogP contribution < -0.4 is 0 Å². The van der Waals surface area contributed by atoms with E-state index in [9.17, 15) is 0 Å². The Morgan fingerprint density at radius 3 is 1.14 bits per heavy atom. The summed E-state index contributed by atoms with van der Waals surface area (Å²) >= 11 is 2.40. The maximum absolute atomic E-state index is 2.40. The first kappa shape index (κ1) is 21.2. The van der Waals surface area contributed by atoms with Crippen molar-refractivity contribution in [2.24, 2.45) is 0 Å². The molecule has 122 valence electrons. The van der Waals surface area contributed by atoms with E-state index >= 15 is 0 Å². The van der Waals surface area contributed by atoms with Crippen LogP contribution in [0, 0.1) is 0 Å². The molecule has 0 nitrogen and oxygen atoms in total. The van der Waals surface area contributed by atoms with E-state index in [1.807, 2.05) is 0 Å². The molecule has 0 spiro atoms. The van der Waals surface area contributed by atoms with E-state index in [1.165, 1.54) is 10.8 Å². The molecule has 0 aromatic rings. The summed E-state index contributed by atoms with van der Waals surface area (Å²) < 4.78 is 1.21. The van der Waals surface area contributed by atoms with Gasteiger partial charge in [0.05, 0.1) is 0 Å². The van der Waals surface area contributed by atoms with Gasteiger partial charge in [-0.2, -0.15) is 0 Å². The number of allylic oxidation sites excluding steroid dienone is 12. The standard InChI is InChI=1S/C21H31I/c1-2-3-4-5-6-7-8-9-10-11-12-13-14-15-16-17-18-19-20-21-22/h3-4,6-7,9-10,12-13,15-16,18-19H,2,5,8,11,14,17,20-21H2,1H3/b4-3-,7-6-,10-9-,13-12-,16-15-,19-18-. The molecule has 0 heterocycles. The van der Waals surface area contributed by atoms with Crippen molar-refractivity contribution in [3.05, 3.63) is 72.9 Å². The second-order valence-corrected chi connectivity index (χ2v) is 5.97. The van der Waals surface area contributed by atoms with Gasteiger partial charge in [-0.25, -0.2) is 0 Å². The lowest BCUT2D eigenvalue weighted by Gasteiger charge is -1.86. The molecule has 0 aliphatic carbocycles. The fourth-order valence-electron chi connectivity index (χ4n) is 1.70. The van der Waals surface area contributed by atoms with E-state index in [0.717, 1.165) is 38.5 Å². The monoisotopic (exact) mass is 410 g/mol. The Kier molecular flexibility index (Phi) is 19.4. The lowest BCUT2D eigenvalue weighted by molar-refractivity contribution is 1.19. The van der Waals surface area contributed by atoms with Crippen LogP contribution in [0.5, 0.6) is 0 Å². The zero-order valence-corrected chi connectivity index (χ0v) is 16.1. The maximum Gasteiger partial charge on any atom is 0.00299 e. The highest BCUT2D eigenvalue weighted by Gasteiger charge is 1.76. The fraction of sp³-hybridized carbons (Fsp3) is 0.429. The number of rotatable bonds is 13. The Morgan fingerprint density at radius 2 is 0.818 bits per heavy atom. The van der Waals surface area contributed by atoms with E-state index in [-0.39, 0.29) is 0 Å². The second kappa shape index (κ2) is 20.2. The maximum atomic E-state index is 2.40. The molecule has 0 unspecified atom stereocenters. The molecule has 0 saturated carbocycles. The van der Waals surface area contributed by atoms with Gasteiger partial charge in [0.2, 0.25) is 0 Å². The van der Waals surface area contributed by atoms with Gasteiger partial charge in [-0.3, -0.25) is 0 Å². The minimum absolute atomic E-state index is 1.03. The molecule has 0 aliphatic rings. The summed E-state index contributed by atoms with van der Waals surface area (Å²) in [7, 11) is 0. The van der Waals surface area contributed by atoms with Gasteiger partial charge < -0.3 is 0 Å². The lowest BCUT2D eigenvalue weighted by atomic mass is 10.2. The number of alkyl halides is 1. The smallest absolute Gasteiger partial charge is 0.00299 e. The van der Waals surface area contributed by atoms with Gasteiger partial charge in [0.15, 0.2) is 0 Å². The van der Waals surface area contributed by atoms with Crippen molar-refractivity contribution in [1.29, 1.82) is 0 Å². The fourth-order valence-corrected chi connectivity index (χ4v) is 2.06. The zero-order valence-electron chi connectivity index (χ0n) is 14.0. The lowest BCUT2D eigenvalue weighted by Crippen LogP contribution is -1.66. The van der Waals surface area contributed by atoms with Crippen LogP contribution in [0.2, 0.25) is 0 Å². The molecule has 22 heavy (non-hydrogen) atoms. The summed E-state index contributed by atoms with van der Waals surface area (Å²) in [5, 5.41) is 0.